The van der Waals surface area contributed by atoms with Gasteiger partial charge < -0.3 is 9.47 Å². The lowest BCUT2D eigenvalue weighted by Gasteiger charge is -2.38. The van der Waals surface area contributed by atoms with Crippen LogP contribution in [-0.4, -0.2) is 18.5 Å². The van der Waals surface area contributed by atoms with E-state index in [4.69, 9.17) is 9.47 Å². The van der Waals surface area contributed by atoms with Crippen LogP contribution in [0.5, 0.6) is 0 Å². The predicted octanol–water partition coefficient (Wildman–Crippen LogP) is 3.42. The molecule has 2 aliphatic rings. The molecule has 0 bridgehead atoms. The molecule has 0 radical (unpaired) electrons. The van der Waals surface area contributed by atoms with Crippen molar-refractivity contribution in [2.75, 3.05) is 6.61 Å². The van der Waals surface area contributed by atoms with Crippen molar-refractivity contribution in [1.29, 1.82) is 0 Å². The summed E-state index contributed by atoms with van der Waals surface area (Å²) in [5.41, 5.74) is -0.0831. The molecule has 86 valence electrons. The van der Waals surface area contributed by atoms with Gasteiger partial charge in [-0.1, -0.05) is 25.3 Å². The fraction of sp³-hybridized carbons (Fsp3) is 0.846. The maximum Gasteiger partial charge on any atom is 0.158 e. The standard InChI is InChI=1S/C13H22O2/c1-2-13(9-5-3-6-10-13)15-12-8-4-7-11-14-12/h2,12H,1,3-11H2. The van der Waals surface area contributed by atoms with E-state index in [1.807, 2.05) is 6.08 Å². The summed E-state index contributed by atoms with van der Waals surface area (Å²) < 4.78 is 11.8. The summed E-state index contributed by atoms with van der Waals surface area (Å²) >= 11 is 0. The Hall–Kier alpha value is -0.340. The summed E-state index contributed by atoms with van der Waals surface area (Å²) in [6, 6.07) is 0. The molecule has 1 unspecified atom stereocenters. The van der Waals surface area contributed by atoms with Crippen molar-refractivity contribution in [3.63, 3.8) is 0 Å². The van der Waals surface area contributed by atoms with E-state index in [0.29, 0.717) is 0 Å². The van der Waals surface area contributed by atoms with Crippen LogP contribution >= 0.6 is 0 Å². The summed E-state index contributed by atoms with van der Waals surface area (Å²) in [7, 11) is 0. The zero-order chi connectivity index (χ0) is 10.6. The Morgan fingerprint density at radius 2 is 1.93 bits per heavy atom. The first-order valence-corrected chi connectivity index (χ1v) is 6.28. The highest BCUT2D eigenvalue weighted by Gasteiger charge is 2.33. The van der Waals surface area contributed by atoms with E-state index in [0.717, 1.165) is 25.9 Å². The lowest BCUT2D eigenvalue weighted by Crippen LogP contribution is -2.38. The van der Waals surface area contributed by atoms with Crippen LogP contribution in [0.3, 0.4) is 0 Å². The molecule has 15 heavy (non-hydrogen) atoms. The van der Waals surface area contributed by atoms with Crippen LogP contribution in [0.15, 0.2) is 12.7 Å². The van der Waals surface area contributed by atoms with E-state index >= 15 is 0 Å². The van der Waals surface area contributed by atoms with Crippen LogP contribution < -0.4 is 0 Å². The molecule has 2 fully saturated rings. The van der Waals surface area contributed by atoms with Crippen molar-refractivity contribution in [3.8, 4) is 0 Å². The second-order valence-corrected chi connectivity index (χ2v) is 4.74. The van der Waals surface area contributed by atoms with Crippen molar-refractivity contribution < 1.29 is 9.47 Å². The monoisotopic (exact) mass is 210 g/mol. The highest BCUT2D eigenvalue weighted by Crippen LogP contribution is 2.35. The lowest BCUT2D eigenvalue weighted by molar-refractivity contribution is -0.217. The molecule has 0 N–H and O–H groups in total. The van der Waals surface area contributed by atoms with Gasteiger partial charge in [-0.3, -0.25) is 0 Å². The summed E-state index contributed by atoms with van der Waals surface area (Å²) in [6.45, 7) is 4.80. The maximum absolute atomic E-state index is 6.13. The van der Waals surface area contributed by atoms with Gasteiger partial charge in [0.25, 0.3) is 0 Å². The maximum atomic E-state index is 6.13. The summed E-state index contributed by atoms with van der Waals surface area (Å²) in [6.07, 6.45) is 11.6. The largest absolute Gasteiger partial charge is 0.353 e. The quantitative estimate of drug-likeness (QED) is 0.664. The summed E-state index contributed by atoms with van der Waals surface area (Å²) in [5.74, 6) is 0. The first-order chi connectivity index (χ1) is 7.35. The second-order valence-electron chi connectivity index (χ2n) is 4.74. The summed E-state index contributed by atoms with van der Waals surface area (Å²) in [4.78, 5) is 0. The Labute approximate surface area is 92.6 Å². The highest BCUT2D eigenvalue weighted by molar-refractivity contribution is 4.99. The Morgan fingerprint density at radius 1 is 1.13 bits per heavy atom. The van der Waals surface area contributed by atoms with Crippen LogP contribution in [0.25, 0.3) is 0 Å². The van der Waals surface area contributed by atoms with Crippen LogP contribution in [0.2, 0.25) is 0 Å². The van der Waals surface area contributed by atoms with Crippen LogP contribution in [0.1, 0.15) is 51.4 Å². The molecule has 1 heterocycles. The third-order valence-electron chi connectivity index (χ3n) is 3.58. The zero-order valence-corrected chi connectivity index (χ0v) is 9.54. The molecular weight excluding hydrogens is 188 g/mol. The first-order valence-electron chi connectivity index (χ1n) is 6.28. The summed E-state index contributed by atoms with van der Waals surface area (Å²) in [5, 5.41) is 0. The molecule has 1 atom stereocenters. The number of hydrogen-bond donors (Lipinski definition) is 0. The molecule has 0 spiro atoms. The van der Waals surface area contributed by atoms with E-state index in [1.165, 1.54) is 32.1 Å². The number of ether oxygens (including phenoxy) is 2. The average Bonchev–Trinajstić information content (AvgIpc) is 2.32. The van der Waals surface area contributed by atoms with Crippen LogP contribution in [-0.2, 0) is 9.47 Å². The van der Waals surface area contributed by atoms with Crippen LogP contribution in [0.4, 0.5) is 0 Å². The van der Waals surface area contributed by atoms with Crippen LogP contribution in [0, 0.1) is 0 Å². The van der Waals surface area contributed by atoms with Crippen molar-refractivity contribution in [2.24, 2.45) is 0 Å². The van der Waals surface area contributed by atoms with Gasteiger partial charge in [0, 0.05) is 6.61 Å². The average molecular weight is 210 g/mol. The molecule has 0 aromatic rings. The second kappa shape index (κ2) is 5.13. The van der Waals surface area contributed by atoms with E-state index in [9.17, 15) is 0 Å². The molecule has 0 amide bonds. The number of rotatable bonds is 3. The fourth-order valence-electron chi connectivity index (χ4n) is 2.59. The molecule has 0 aromatic carbocycles. The minimum atomic E-state index is -0.0831. The Morgan fingerprint density at radius 3 is 2.53 bits per heavy atom. The fourth-order valence-corrected chi connectivity index (χ4v) is 2.59. The van der Waals surface area contributed by atoms with E-state index < -0.39 is 0 Å². The Balaban J connectivity index is 1.90. The van der Waals surface area contributed by atoms with Crippen molar-refractivity contribution in [1.82, 2.24) is 0 Å². The van der Waals surface area contributed by atoms with Gasteiger partial charge in [0.05, 0.1) is 5.60 Å². The van der Waals surface area contributed by atoms with Gasteiger partial charge in [0.1, 0.15) is 0 Å². The minimum Gasteiger partial charge on any atom is -0.353 e. The lowest BCUT2D eigenvalue weighted by atomic mass is 9.84. The number of hydrogen-bond acceptors (Lipinski definition) is 2. The molecule has 1 aliphatic carbocycles. The molecular formula is C13H22O2. The third-order valence-corrected chi connectivity index (χ3v) is 3.58. The van der Waals surface area contributed by atoms with E-state index in [-0.39, 0.29) is 11.9 Å². The van der Waals surface area contributed by atoms with Gasteiger partial charge >= 0.3 is 0 Å². The third kappa shape index (κ3) is 2.82. The van der Waals surface area contributed by atoms with Crippen molar-refractivity contribution >= 4 is 0 Å². The SMILES string of the molecule is C=CC1(OC2CCCCO2)CCCCC1. The molecule has 1 saturated heterocycles. The van der Waals surface area contributed by atoms with E-state index in [2.05, 4.69) is 6.58 Å². The van der Waals surface area contributed by atoms with Gasteiger partial charge in [0.15, 0.2) is 6.29 Å². The van der Waals surface area contributed by atoms with Gasteiger partial charge in [-0.05, 0) is 32.1 Å². The first kappa shape index (κ1) is 11.2. The highest BCUT2D eigenvalue weighted by atomic mass is 16.7. The smallest absolute Gasteiger partial charge is 0.158 e. The van der Waals surface area contributed by atoms with Gasteiger partial charge in [-0.15, -0.1) is 6.58 Å². The molecule has 2 heteroatoms. The Kier molecular flexibility index (Phi) is 3.81. The molecule has 2 nitrogen and oxygen atoms in total. The van der Waals surface area contributed by atoms with Gasteiger partial charge in [-0.25, -0.2) is 0 Å². The topological polar surface area (TPSA) is 18.5 Å². The zero-order valence-electron chi connectivity index (χ0n) is 9.54. The van der Waals surface area contributed by atoms with Gasteiger partial charge in [0.2, 0.25) is 0 Å². The minimum absolute atomic E-state index is 0.0230. The normalized spacial score (nSPS) is 31.1. The predicted molar refractivity (Wildman–Crippen MR) is 60.7 cm³/mol. The van der Waals surface area contributed by atoms with Gasteiger partial charge in [-0.2, -0.15) is 0 Å². The van der Waals surface area contributed by atoms with Crippen molar-refractivity contribution in [3.05, 3.63) is 12.7 Å². The molecule has 0 aromatic heterocycles. The Bertz CT molecular complexity index is 201. The molecule has 2 rings (SSSR count). The van der Waals surface area contributed by atoms with Crippen molar-refractivity contribution in [2.45, 2.75) is 63.3 Å². The van der Waals surface area contributed by atoms with E-state index in [1.54, 1.807) is 0 Å². The molecule has 1 saturated carbocycles. The molecule has 1 aliphatic heterocycles.